The number of hydrogen-bond donors (Lipinski definition) is 0. The summed E-state index contributed by atoms with van der Waals surface area (Å²) in [5.41, 5.74) is 2.71. The number of rotatable bonds is 4. The van der Waals surface area contributed by atoms with E-state index in [0.717, 1.165) is 37.7 Å². The number of benzene rings is 4. The third-order valence-corrected chi connectivity index (χ3v) is 6.85. The number of aliphatic imine (C=N–C) groups is 1. The molecule has 32 heavy (non-hydrogen) atoms. The van der Waals surface area contributed by atoms with Crippen LogP contribution in [0, 0.1) is 6.92 Å². The maximum Gasteiger partial charge on any atom is 0.355 e. The highest BCUT2D eigenvalue weighted by atomic mass is 35.5. The quantitative estimate of drug-likeness (QED) is 0.156. The van der Waals surface area contributed by atoms with Crippen LogP contribution in [0.1, 0.15) is 20.8 Å². The maximum atomic E-state index is 13.1. The largest absolute Gasteiger partial charge is 0.422 e. The van der Waals surface area contributed by atoms with Gasteiger partial charge in [0.1, 0.15) is 10.6 Å². The summed E-state index contributed by atoms with van der Waals surface area (Å²) in [5.74, 6) is -0.0321. The molecule has 0 spiro atoms. The van der Waals surface area contributed by atoms with Crippen LogP contribution in [-0.2, 0) is 0 Å². The summed E-state index contributed by atoms with van der Waals surface area (Å²) >= 11 is 7.82. The normalized spacial score (nSPS) is 11.4. The van der Waals surface area contributed by atoms with Crippen LogP contribution in [0.2, 0.25) is 5.02 Å². The highest BCUT2D eigenvalue weighted by Gasteiger charge is 2.20. The molecule has 0 aliphatic carbocycles. The molecule has 5 aromatic rings. The molecule has 3 nitrogen and oxygen atoms in total. The van der Waals surface area contributed by atoms with Gasteiger partial charge in [-0.1, -0.05) is 72.3 Å². The summed E-state index contributed by atoms with van der Waals surface area (Å²) in [6.45, 7) is 2.03. The molecule has 5 heteroatoms. The fourth-order valence-electron chi connectivity index (χ4n) is 3.64. The third kappa shape index (κ3) is 3.91. The van der Waals surface area contributed by atoms with Crippen LogP contribution in [-0.4, -0.2) is 12.2 Å². The molecule has 156 valence electrons. The number of fused-ring (bicyclic) bond motifs is 2. The van der Waals surface area contributed by atoms with Crippen molar-refractivity contribution in [3.8, 4) is 5.75 Å². The second-order valence-electron chi connectivity index (χ2n) is 7.43. The first-order chi connectivity index (χ1) is 15.6. The van der Waals surface area contributed by atoms with Gasteiger partial charge in [0.2, 0.25) is 0 Å². The molecule has 0 saturated heterocycles. The molecule has 0 unspecified atom stereocenters. The van der Waals surface area contributed by atoms with E-state index in [1.807, 2.05) is 85.8 Å². The second-order valence-corrected chi connectivity index (χ2v) is 8.86. The molecule has 0 radical (unpaired) electrons. The summed E-state index contributed by atoms with van der Waals surface area (Å²) in [6.07, 6.45) is 1.76. The number of carbonyl (C=O) groups is 1. The minimum atomic E-state index is -0.475. The Bertz CT molecular complexity index is 1500. The molecule has 4 aromatic carbocycles. The van der Waals surface area contributed by atoms with E-state index in [1.165, 1.54) is 11.3 Å². The zero-order valence-corrected chi connectivity index (χ0v) is 18.8. The van der Waals surface area contributed by atoms with Crippen LogP contribution in [0.5, 0.6) is 5.75 Å². The Balaban J connectivity index is 1.56. The Morgan fingerprint density at radius 1 is 0.938 bits per heavy atom. The molecule has 1 heterocycles. The number of nitrogens with zero attached hydrogens (tertiary/aromatic N) is 1. The summed E-state index contributed by atoms with van der Waals surface area (Å²) in [5, 5.41) is 3.27. The minimum absolute atomic E-state index is 0.391. The Morgan fingerprint density at radius 3 is 2.53 bits per heavy atom. The monoisotopic (exact) mass is 455 g/mol. The van der Waals surface area contributed by atoms with Crippen molar-refractivity contribution in [1.29, 1.82) is 0 Å². The predicted octanol–water partition coefficient (Wildman–Crippen LogP) is 7.99. The van der Waals surface area contributed by atoms with Crippen LogP contribution >= 0.6 is 22.9 Å². The van der Waals surface area contributed by atoms with Gasteiger partial charge in [-0.05, 0) is 47.5 Å². The van der Waals surface area contributed by atoms with Crippen molar-refractivity contribution in [1.82, 2.24) is 0 Å². The lowest BCUT2D eigenvalue weighted by atomic mass is 10.0. The lowest BCUT2D eigenvalue weighted by molar-refractivity contribution is 0.0740. The molecule has 0 fully saturated rings. The molecule has 0 amide bonds. The van der Waals surface area contributed by atoms with Crippen molar-refractivity contribution in [2.75, 3.05) is 0 Å². The molecule has 0 aliphatic heterocycles. The fourth-order valence-corrected chi connectivity index (χ4v) is 5.02. The number of ether oxygens (including phenoxy) is 1. The first-order valence-electron chi connectivity index (χ1n) is 10.1. The molecule has 0 N–H and O–H groups in total. The molecule has 0 atom stereocenters. The molecular weight excluding hydrogens is 438 g/mol. The van der Waals surface area contributed by atoms with E-state index in [2.05, 4.69) is 4.99 Å². The number of carbonyl (C=O) groups excluding carboxylic acids is 1. The Kier molecular flexibility index (Phi) is 5.48. The highest BCUT2D eigenvalue weighted by Crippen LogP contribution is 2.36. The van der Waals surface area contributed by atoms with Gasteiger partial charge < -0.3 is 4.74 Å². The SMILES string of the molecule is Cc1cccc(N=Cc2c(OC(=O)c3sc4ccccc4c3Cl)ccc3ccccc23)c1. The van der Waals surface area contributed by atoms with E-state index in [0.29, 0.717) is 15.6 Å². The number of aryl methyl sites for hydroxylation is 1. The van der Waals surface area contributed by atoms with E-state index in [4.69, 9.17) is 16.3 Å². The standard InChI is InChI=1S/C27H18ClNO2S/c1-17-7-6-9-19(15-17)29-16-22-20-10-3-2-8-18(20)13-14-23(22)31-27(30)26-25(28)21-11-4-5-12-24(21)32-26/h2-16H,1H3. The van der Waals surface area contributed by atoms with Crippen LogP contribution in [0.4, 0.5) is 5.69 Å². The minimum Gasteiger partial charge on any atom is -0.422 e. The van der Waals surface area contributed by atoms with E-state index >= 15 is 0 Å². The van der Waals surface area contributed by atoms with Crippen molar-refractivity contribution in [3.05, 3.63) is 106 Å². The zero-order valence-electron chi connectivity index (χ0n) is 17.2. The third-order valence-electron chi connectivity index (χ3n) is 5.20. The number of hydrogen-bond acceptors (Lipinski definition) is 4. The van der Waals surface area contributed by atoms with Crippen LogP contribution < -0.4 is 4.74 Å². The molecule has 0 aliphatic rings. The van der Waals surface area contributed by atoms with Crippen molar-refractivity contribution in [2.24, 2.45) is 4.99 Å². The number of thiophene rings is 1. The number of esters is 1. The van der Waals surface area contributed by atoms with Crippen LogP contribution in [0.3, 0.4) is 0 Å². The molecular formula is C27H18ClNO2S. The lowest BCUT2D eigenvalue weighted by Crippen LogP contribution is -2.09. The lowest BCUT2D eigenvalue weighted by Gasteiger charge is -2.10. The highest BCUT2D eigenvalue weighted by molar-refractivity contribution is 7.21. The van der Waals surface area contributed by atoms with Crippen molar-refractivity contribution >= 4 is 61.7 Å². The zero-order chi connectivity index (χ0) is 22.1. The molecule has 0 saturated carbocycles. The van der Waals surface area contributed by atoms with Crippen LogP contribution in [0.15, 0.2) is 89.9 Å². The first-order valence-corrected chi connectivity index (χ1v) is 11.3. The molecule has 1 aromatic heterocycles. The van der Waals surface area contributed by atoms with Gasteiger partial charge in [-0.3, -0.25) is 4.99 Å². The van der Waals surface area contributed by atoms with Gasteiger partial charge in [0, 0.05) is 21.9 Å². The van der Waals surface area contributed by atoms with E-state index in [1.54, 1.807) is 12.3 Å². The van der Waals surface area contributed by atoms with Crippen molar-refractivity contribution in [2.45, 2.75) is 6.92 Å². The fraction of sp³-hybridized carbons (Fsp3) is 0.0370. The van der Waals surface area contributed by atoms with E-state index in [-0.39, 0.29) is 0 Å². The topological polar surface area (TPSA) is 38.7 Å². The Morgan fingerprint density at radius 2 is 1.72 bits per heavy atom. The number of halogens is 1. The smallest absolute Gasteiger partial charge is 0.355 e. The van der Waals surface area contributed by atoms with Gasteiger partial charge in [0.05, 0.1) is 10.7 Å². The van der Waals surface area contributed by atoms with Crippen LogP contribution in [0.25, 0.3) is 20.9 Å². The molecule has 5 rings (SSSR count). The summed E-state index contributed by atoms with van der Waals surface area (Å²) < 4.78 is 6.81. The van der Waals surface area contributed by atoms with E-state index < -0.39 is 5.97 Å². The Labute approximate surface area is 194 Å². The summed E-state index contributed by atoms with van der Waals surface area (Å²) in [7, 11) is 0. The second kappa shape index (κ2) is 8.58. The summed E-state index contributed by atoms with van der Waals surface area (Å²) in [6, 6.07) is 27.3. The van der Waals surface area contributed by atoms with E-state index in [9.17, 15) is 4.79 Å². The van der Waals surface area contributed by atoms with Crippen molar-refractivity contribution in [3.63, 3.8) is 0 Å². The maximum absolute atomic E-state index is 13.1. The average Bonchev–Trinajstić information content (AvgIpc) is 3.15. The van der Waals surface area contributed by atoms with Gasteiger partial charge in [0.25, 0.3) is 0 Å². The summed E-state index contributed by atoms with van der Waals surface area (Å²) in [4.78, 5) is 18.1. The van der Waals surface area contributed by atoms with Gasteiger partial charge >= 0.3 is 5.97 Å². The Hall–Kier alpha value is -3.47. The first kappa shape index (κ1) is 20.4. The predicted molar refractivity (Wildman–Crippen MR) is 134 cm³/mol. The molecule has 0 bridgehead atoms. The van der Waals surface area contributed by atoms with Gasteiger partial charge in [-0.2, -0.15) is 0 Å². The van der Waals surface area contributed by atoms with Gasteiger partial charge in [-0.15, -0.1) is 11.3 Å². The van der Waals surface area contributed by atoms with Crippen molar-refractivity contribution < 1.29 is 9.53 Å². The average molecular weight is 456 g/mol. The van der Waals surface area contributed by atoms with Gasteiger partial charge in [0.15, 0.2) is 0 Å². The van der Waals surface area contributed by atoms with Gasteiger partial charge in [-0.25, -0.2) is 4.79 Å².